The van der Waals surface area contributed by atoms with Gasteiger partial charge < -0.3 is 25.1 Å². The summed E-state index contributed by atoms with van der Waals surface area (Å²) in [5, 5.41) is 20.6. The number of aliphatic hydroxyl groups excluding tert-OH is 1. The minimum atomic E-state index is -1.53. The number of aliphatic hydroxyl groups is 1. The highest BCUT2D eigenvalue weighted by Crippen LogP contribution is 2.35. The second kappa shape index (κ2) is 15.4. The first-order chi connectivity index (χ1) is 24.0. The summed E-state index contributed by atoms with van der Waals surface area (Å²) < 4.78 is 20.1. The Kier molecular flexibility index (Phi) is 10.8. The molecule has 3 N–H and O–H groups in total. The number of nitrogens with zero attached hydrogens (tertiary/aromatic N) is 4. The molecule has 1 saturated heterocycles. The van der Waals surface area contributed by atoms with Crippen LogP contribution in [-0.2, 0) is 18.6 Å². The van der Waals surface area contributed by atoms with E-state index in [0.717, 1.165) is 34.7 Å². The molecule has 3 unspecified atom stereocenters. The summed E-state index contributed by atoms with van der Waals surface area (Å²) in [6.45, 7) is 5.98. The van der Waals surface area contributed by atoms with Gasteiger partial charge in [0.25, 0.3) is 11.8 Å². The molecule has 1 fully saturated rings. The van der Waals surface area contributed by atoms with Gasteiger partial charge in [-0.2, -0.15) is 0 Å². The standard InChI is InChI=1S/C38H41FN6O4S/c1-24-23-50-36(43-24)32-10-7-12-45(32)37(48)29-17-27(16-28(18-29)35-42-11-13-49-35)34(47)44-31(15-25-8-5-4-6-9-25)33(46)22-41-20-26-14-30(21-40-19-26)38(2,3)39/h4-6,8-9,11,13-14,16-19,21,23,31-33,41,46H,7,10,12,15,20,22H2,1-3H3,(H,44,47). The Hall–Kier alpha value is -4.78. The Morgan fingerprint density at radius 1 is 1.12 bits per heavy atom. The van der Waals surface area contributed by atoms with E-state index in [4.69, 9.17) is 4.42 Å². The van der Waals surface area contributed by atoms with Crippen LogP contribution >= 0.6 is 11.3 Å². The topological polar surface area (TPSA) is 133 Å². The monoisotopic (exact) mass is 696 g/mol. The van der Waals surface area contributed by atoms with Crippen molar-refractivity contribution in [3.8, 4) is 11.5 Å². The number of aromatic nitrogens is 3. The Morgan fingerprint density at radius 3 is 2.64 bits per heavy atom. The number of pyridine rings is 1. The molecule has 12 heteroatoms. The molecular formula is C38H41FN6O4S. The molecule has 0 spiro atoms. The third kappa shape index (κ3) is 8.50. The number of alkyl halides is 1. The summed E-state index contributed by atoms with van der Waals surface area (Å²) in [6, 6.07) is 15.4. The van der Waals surface area contributed by atoms with Crippen molar-refractivity contribution >= 4 is 23.2 Å². The number of likely N-dealkylation sites (tertiary alicyclic amines) is 1. The van der Waals surface area contributed by atoms with E-state index >= 15 is 0 Å². The van der Waals surface area contributed by atoms with Gasteiger partial charge in [-0.1, -0.05) is 30.3 Å². The molecule has 3 aromatic heterocycles. The lowest BCUT2D eigenvalue weighted by Gasteiger charge is -2.26. The number of thiazole rings is 1. The number of carbonyl (C=O) groups is 2. The van der Waals surface area contributed by atoms with Crippen LogP contribution in [0.3, 0.4) is 0 Å². The fourth-order valence-electron chi connectivity index (χ4n) is 6.15. The van der Waals surface area contributed by atoms with Crippen LogP contribution in [0.1, 0.15) is 80.8 Å². The molecule has 6 rings (SSSR count). The molecule has 0 bridgehead atoms. The van der Waals surface area contributed by atoms with Gasteiger partial charge in [-0.25, -0.2) is 14.4 Å². The van der Waals surface area contributed by atoms with Crippen molar-refractivity contribution in [2.24, 2.45) is 0 Å². The number of nitrogens with one attached hydrogen (secondary N) is 2. The molecule has 2 amide bonds. The summed E-state index contributed by atoms with van der Waals surface area (Å²) in [7, 11) is 0. The van der Waals surface area contributed by atoms with Crippen molar-refractivity contribution in [1.82, 2.24) is 30.5 Å². The van der Waals surface area contributed by atoms with E-state index in [1.54, 1.807) is 41.8 Å². The number of aryl methyl sites for hydroxylation is 1. The molecule has 5 aromatic rings. The molecule has 10 nitrogen and oxygen atoms in total. The fourth-order valence-corrected chi connectivity index (χ4v) is 7.09. The quantitative estimate of drug-likeness (QED) is 0.133. The number of halogens is 1. The second-order valence-corrected chi connectivity index (χ2v) is 14.0. The SMILES string of the molecule is Cc1csc(C2CCCN2C(=O)c2cc(C(=O)NC(Cc3ccccc3)C(O)CNCc3cncc(C(C)(C)F)c3)cc(-c3ncco3)c2)n1. The van der Waals surface area contributed by atoms with Crippen molar-refractivity contribution in [3.63, 3.8) is 0 Å². The maximum Gasteiger partial charge on any atom is 0.254 e. The first-order valence-corrected chi connectivity index (χ1v) is 17.6. The van der Waals surface area contributed by atoms with Crippen LogP contribution < -0.4 is 10.6 Å². The van der Waals surface area contributed by atoms with Gasteiger partial charge in [0.1, 0.15) is 16.9 Å². The van der Waals surface area contributed by atoms with Crippen molar-refractivity contribution < 1.29 is 23.5 Å². The van der Waals surface area contributed by atoms with Gasteiger partial charge in [-0.3, -0.25) is 14.6 Å². The molecule has 0 radical (unpaired) electrons. The van der Waals surface area contributed by atoms with Gasteiger partial charge in [0.05, 0.1) is 24.4 Å². The normalized spacial score (nSPS) is 15.9. The molecule has 3 atom stereocenters. The fraction of sp³-hybridized carbons (Fsp3) is 0.342. The number of carbonyl (C=O) groups excluding carboxylic acids is 2. The largest absolute Gasteiger partial charge is 0.445 e. The zero-order chi connectivity index (χ0) is 35.3. The van der Waals surface area contributed by atoms with Crippen molar-refractivity contribution in [2.45, 2.75) is 70.4 Å². The van der Waals surface area contributed by atoms with Crippen LogP contribution in [-0.4, -0.2) is 62.0 Å². The van der Waals surface area contributed by atoms with E-state index in [1.807, 2.05) is 47.5 Å². The highest BCUT2D eigenvalue weighted by Gasteiger charge is 2.33. The molecule has 0 saturated carbocycles. The zero-order valence-corrected chi connectivity index (χ0v) is 29.1. The third-order valence-electron chi connectivity index (χ3n) is 8.80. The number of benzene rings is 2. The number of rotatable bonds is 13. The summed E-state index contributed by atoms with van der Waals surface area (Å²) in [4.78, 5) is 43.0. The Bertz CT molecular complexity index is 1910. The highest BCUT2D eigenvalue weighted by molar-refractivity contribution is 7.09. The van der Waals surface area contributed by atoms with Crippen LogP contribution in [0.4, 0.5) is 4.39 Å². The maximum atomic E-state index is 14.5. The van der Waals surface area contributed by atoms with Gasteiger partial charge in [-0.15, -0.1) is 11.3 Å². The molecular weight excluding hydrogens is 656 g/mol. The lowest BCUT2D eigenvalue weighted by Crippen LogP contribution is -2.48. The molecule has 50 heavy (non-hydrogen) atoms. The van der Waals surface area contributed by atoms with E-state index in [1.165, 1.54) is 32.5 Å². The number of oxazole rings is 1. The number of amides is 2. The molecule has 260 valence electrons. The Balaban J connectivity index is 1.23. The van der Waals surface area contributed by atoms with E-state index in [2.05, 4.69) is 25.6 Å². The number of hydrogen-bond donors (Lipinski definition) is 3. The van der Waals surface area contributed by atoms with Crippen molar-refractivity contribution in [1.29, 1.82) is 0 Å². The van der Waals surface area contributed by atoms with E-state index in [-0.39, 0.29) is 29.9 Å². The summed E-state index contributed by atoms with van der Waals surface area (Å²) in [5.41, 5.74) is 2.62. The summed E-state index contributed by atoms with van der Waals surface area (Å²) in [5.74, 6) is -0.382. The van der Waals surface area contributed by atoms with Crippen molar-refractivity contribution in [3.05, 3.63) is 123 Å². The predicted octanol–water partition coefficient (Wildman–Crippen LogP) is 6.18. The van der Waals surface area contributed by atoms with Crippen LogP contribution in [0, 0.1) is 6.92 Å². The van der Waals surface area contributed by atoms with Gasteiger partial charge in [0.15, 0.2) is 0 Å². The lowest BCUT2D eigenvalue weighted by molar-refractivity contribution is 0.0735. The smallest absolute Gasteiger partial charge is 0.254 e. The first-order valence-electron chi connectivity index (χ1n) is 16.7. The highest BCUT2D eigenvalue weighted by atomic mass is 32.1. The minimum absolute atomic E-state index is 0.136. The maximum absolute atomic E-state index is 14.5. The first kappa shape index (κ1) is 35.1. The van der Waals surface area contributed by atoms with Crippen LogP contribution in [0.15, 0.2) is 89.2 Å². The lowest BCUT2D eigenvalue weighted by atomic mass is 9.99. The van der Waals surface area contributed by atoms with Gasteiger partial charge >= 0.3 is 0 Å². The summed E-state index contributed by atoms with van der Waals surface area (Å²) in [6.07, 6.45) is 7.14. The predicted molar refractivity (Wildman–Crippen MR) is 189 cm³/mol. The van der Waals surface area contributed by atoms with Gasteiger partial charge in [0.2, 0.25) is 5.89 Å². The van der Waals surface area contributed by atoms with Crippen molar-refractivity contribution in [2.75, 3.05) is 13.1 Å². The van der Waals surface area contributed by atoms with Crippen LogP contribution in [0.2, 0.25) is 0 Å². The van der Waals surface area contributed by atoms with E-state index < -0.39 is 23.7 Å². The molecule has 1 aliphatic rings. The Morgan fingerprint density at radius 2 is 1.92 bits per heavy atom. The second-order valence-electron chi connectivity index (χ2n) is 13.1. The zero-order valence-electron chi connectivity index (χ0n) is 28.3. The number of hydrogen-bond acceptors (Lipinski definition) is 9. The van der Waals surface area contributed by atoms with E-state index in [9.17, 15) is 19.1 Å². The van der Waals surface area contributed by atoms with Crippen LogP contribution in [0.5, 0.6) is 0 Å². The van der Waals surface area contributed by atoms with Gasteiger partial charge in [0, 0.05) is 65.4 Å². The summed E-state index contributed by atoms with van der Waals surface area (Å²) >= 11 is 1.55. The molecule has 2 aromatic carbocycles. The molecule has 1 aliphatic heterocycles. The minimum Gasteiger partial charge on any atom is -0.445 e. The Labute approximate surface area is 294 Å². The van der Waals surface area contributed by atoms with Crippen LogP contribution in [0.25, 0.3) is 11.5 Å². The average Bonchev–Trinajstić information content (AvgIpc) is 3.90. The molecule has 4 heterocycles. The van der Waals surface area contributed by atoms with E-state index in [0.29, 0.717) is 36.2 Å². The third-order valence-corrected chi connectivity index (χ3v) is 9.86. The average molecular weight is 697 g/mol. The van der Waals surface area contributed by atoms with Gasteiger partial charge in [-0.05, 0) is 75.4 Å². The molecule has 0 aliphatic carbocycles.